The first kappa shape index (κ1) is 15.8. The Kier molecular flexibility index (Phi) is 5.83. The van der Waals surface area contributed by atoms with Crippen molar-refractivity contribution in [2.24, 2.45) is 5.73 Å². The van der Waals surface area contributed by atoms with Gasteiger partial charge in [0, 0.05) is 5.69 Å². The second-order valence-electron chi connectivity index (χ2n) is 4.40. The number of hydrogen-bond acceptors (Lipinski definition) is 5. The van der Waals surface area contributed by atoms with Gasteiger partial charge >= 0.3 is 5.97 Å². The first-order chi connectivity index (χ1) is 9.45. The van der Waals surface area contributed by atoms with E-state index in [9.17, 15) is 9.59 Å². The molecule has 0 bridgehead atoms. The summed E-state index contributed by atoms with van der Waals surface area (Å²) in [5.41, 5.74) is 12.3. The summed E-state index contributed by atoms with van der Waals surface area (Å²) < 4.78 is 10.4. The average molecular weight is 280 g/mol. The number of primary amides is 1. The van der Waals surface area contributed by atoms with E-state index in [0.29, 0.717) is 23.6 Å². The number of nitrogen functional groups attached to an aromatic ring is 1. The van der Waals surface area contributed by atoms with Crippen molar-refractivity contribution in [3.05, 3.63) is 23.3 Å². The maximum atomic E-state index is 11.9. The van der Waals surface area contributed by atoms with Crippen LogP contribution in [-0.4, -0.2) is 25.1 Å². The lowest BCUT2D eigenvalue weighted by Crippen LogP contribution is -2.15. The third-order valence-electron chi connectivity index (χ3n) is 2.63. The van der Waals surface area contributed by atoms with Crippen LogP contribution < -0.4 is 16.2 Å². The Morgan fingerprint density at radius 2 is 1.95 bits per heavy atom. The van der Waals surface area contributed by atoms with Gasteiger partial charge in [-0.2, -0.15) is 0 Å². The van der Waals surface area contributed by atoms with E-state index in [1.807, 2.05) is 6.92 Å². The topological polar surface area (TPSA) is 105 Å². The summed E-state index contributed by atoms with van der Waals surface area (Å²) in [4.78, 5) is 22.5. The molecule has 0 atom stereocenters. The molecule has 0 saturated carbocycles. The third kappa shape index (κ3) is 4.46. The molecule has 0 fully saturated rings. The highest BCUT2D eigenvalue weighted by Crippen LogP contribution is 2.25. The molecule has 110 valence electrons. The number of esters is 1. The SMILES string of the molecule is CCCOC(=O)c1cc(OCCC(N)=O)cc(C)c1N. The molecule has 4 N–H and O–H groups in total. The molecule has 0 unspecified atom stereocenters. The molecule has 0 radical (unpaired) electrons. The van der Waals surface area contributed by atoms with E-state index in [1.165, 1.54) is 6.07 Å². The van der Waals surface area contributed by atoms with Gasteiger partial charge in [0.15, 0.2) is 0 Å². The maximum Gasteiger partial charge on any atom is 0.340 e. The number of ether oxygens (including phenoxy) is 2. The van der Waals surface area contributed by atoms with Crippen LogP contribution in [0.3, 0.4) is 0 Å². The van der Waals surface area contributed by atoms with Gasteiger partial charge in [0.05, 0.1) is 25.2 Å². The zero-order valence-electron chi connectivity index (χ0n) is 11.8. The number of amides is 1. The third-order valence-corrected chi connectivity index (χ3v) is 2.63. The molecule has 0 aliphatic rings. The summed E-state index contributed by atoms with van der Waals surface area (Å²) in [6.07, 6.45) is 0.846. The van der Waals surface area contributed by atoms with Crippen molar-refractivity contribution < 1.29 is 19.1 Å². The first-order valence-electron chi connectivity index (χ1n) is 6.44. The van der Waals surface area contributed by atoms with Crippen LogP contribution in [0.15, 0.2) is 12.1 Å². The molecule has 0 spiro atoms. The van der Waals surface area contributed by atoms with Crippen LogP contribution in [0.25, 0.3) is 0 Å². The van der Waals surface area contributed by atoms with E-state index >= 15 is 0 Å². The van der Waals surface area contributed by atoms with Crippen LogP contribution >= 0.6 is 0 Å². The molecule has 0 aromatic heterocycles. The fourth-order valence-corrected chi connectivity index (χ4v) is 1.56. The van der Waals surface area contributed by atoms with Gasteiger partial charge in [-0.15, -0.1) is 0 Å². The number of carbonyl (C=O) groups is 2. The largest absolute Gasteiger partial charge is 0.493 e. The summed E-state index contributed by atoms with van der Waals surface area (Å²) in [6, 6.07) is 3.22. The predicted molar refractivity (Wildman–Crippen MR) is 75.5 cm³/mol. The lowest BCUT2D eigenvalue weighted by Gasteiger charge is -2.12. The second-order valence-corrected chi connectivity index (χ2v) is 4.40. The van der Waals surface area contributed by atoms with Crippen LogP contribution in [0, 0.1) is 6.92 Å². The Hall–Kier alpha value is -2.24. The molecule has 0 aliphatic heterocycles. The number of anilines is 1. The van der Waals surface area contributed by atoms with E-state index in [2.05, 4.69) is 0 Å². The molecular formula is C14H20N2O4. The van der Waals surface area contributed by atoms with Gasteiger partial charge in [-0.25, -0.2) is 4.79 Å². The molecule has 1 aromatic carbocycles. The summed E-state index contributed by atoms with van der Waals surface area (Å²) >= 11 is 0. The van der Waals surface area contributed by atoms with Gasteiger partial charge in [0.2, 0.25) is 5.91 Å². The van der Waals surface area contributed by atoms with E-state index < -0.39 is 11.9 Å². The molecule has 6 nitrogen and oxygen atoms in total. The van der Waals surface area contributed by atoms with Crippen molar-refractivity contribution in [3.8, 4) is 5.75 Å². The van der Waals surface area contributed by atoms with Gasteiger partial charge < -0.3 is 20.9 Å². The Balaban J connectivity index is 2.85. The minimum absolute atomic E-state index is 0.110. The Morgan fingerprint density at radius 1 is 1.25 bits per heavy atom. The molecular weight excluding hydrogens is 260 g/mol. The quantitative estimate of drug-likeness (QED) is 0.580. The van der Waals surface area contributed by atoms with Crippen molar-refractivity contribution in [3.63, 3.8) is 0 Å². The highest BCUT2D eigenvalue weighted by atomic mass is 16.5. The minimum Gasteiger partial charge on any atom is -0.493 e. The molecule has 1 amide bonds. The number of carbonyl (C=O) groups excluding carboxylic acids is 2. The van der Waals surface area contributed by atoms with E-state index in [0.717, 1.165) is 6.42 Å². The predicted octanol–water partition coefficient (Wildman–Crippen LogP) is 1.40. The lowest BCUT2D eigenvalue weighted by molar-refractivity contribution is -0.118. The summed E-state index contributed by atoms with van der Waals surface area (Å²) in [6.45, 7) is 4.17. The summed E-state index contributed by atoms with van der Waals surface area (Å²) in [7, 11) is 0. The zero-order chi connectivity index (χ0) is 15.1. The lowest BCUT2D eigenvalue weighted by atomic mass is 10.1. The van der Waals surface area contributed by atoms with Gasteiger partial charge in [0.1, 0.15) is 5.75 Å². The number of hydrogen-bond donors (Lipinski definition) is 2. The number of benzene rings is 1. The molecule has 6 heteroatoms. The second kappa shape index (κ2) is 7.37. The molecule has 0 aliphatic carbocycles. The van der Waals surface area contributed by atoms with Gasteiger partial charge in [0.25, 0.3) is 0 Å². The highest BCUT2D eigenvalue weighted by molar-refractivity contribution is 5.96. The van der Waals surface area contributed by atoms with E-state index in [-0.39, 0.29) is 18.6 Å². The fourth-order valence-electron chi connectivity index (χ4n) is 1.56. The van der Waals surface area contributed by atoms with Crippen LogP contribution in [0.4, 0.5) is 5.69 Å². The zero-order valence-corrected chi connectivity index (χ0v) is 11.8. The van der Waals surface area contributed by atoms with Crippen molar-refractivity contribution in [2.45, 2.75) is 26.7 Å². The summed E-state index contributed by atoms with van der Waals surface area (Å²) in [5, 5.41) is 0. The average Bonchev–Trinajstić information content (AvgIpc) is 2.39. The van der Waals surface area contributed by atoms with Gasteiger partial charge in [-0.1, -0.05) is 6.92 Å². The first-order valence-corrected chi connectivity index (χ1v) is 6.44. The molecule has 0 heterocycles. The molecule has 20 heavy (non-hydrogen) atoms. The van der Waals surface area contributed by atoms with E-state index in [4.69, 9.17) is 20.9 Å². The van der Waals surface area contributed by atoms with Gasteiger partial charge in [-0.05, 0) is 31.0 Å². The molecule has 0 saturated heterocycles. The van der Waals surface area contributed by atoms with Crippen molar-refractivity contribution >= 4 is 17.6 Å². The molecule has 1 rings (SSSR count). The van der Waals surface area contributed by atoms with Crippen LogP contribution in [0.5, 0.6) is 5.75 Å². The van der Waals surface area contributed by atoms with Crippen LogP contribution in [0.1, 0.15) is 35.7 Å². The number of rotatable bonds is 7. The van der Waals surface area contributed by atoms with Gasteiger partial charge in [-0.3, -0.25) is 4.79 Å². The number of nitrogens with two attached hydrogens (primary N) is 2. The highest BCUT2D eigenvalue weighted by Gasteiger charge is 2.15. The normalized spacial score (nSPS) is 10.1. The minimum atomic E-state index is -0.479. The molecule has 1 aromatic rings. The smallest absolute Gasteiger partial charge is 0.340 e. The van der Waals surface area contributed by atoms with E-state index in [1.54, 1.807) is 13.0 Å². The number of aryl methyl sites for hydroxylation is 1. The van der Waals surface area contributed by atoms with Crippen molar-refractivity contribution in [1.82, 2.24) is 0 Å². The van der Waals surface area contributed by atoms with Crippen LogP contribution in [0.2, 0.25) is 0 Å². The summed E-state index contributed by atoms with van der Waals surface area (Å²) in [5.74, 6) is -0.464. The monoisotopic (exact) mass is 280 g/mol. The van der Waals surface area contributed by atoms with Crippen LogP contribution in [-0.2, 0) is 9.53 Å². The Bertz CT molecular complexity index is 500. The fraction of sp³-hybridized carbons (Fsp3) is 0.429. The van der Waals surface area contributed by atoms with Crippen molar-refractivity contribution in [1.29, 1.82) is 0 Å². The Morgan fingerprint density at radius 3 is 2.55 bits per heavy atom. The maximum absolute atomic E-state index is 11.9. The Labute approximate surface area is 118 Å². The van der Waals surface area contributed by atoms with Crippen molar-refractivity contribution in [2.75, 3.05) is 18.9 Å². The standard InChI is InChI=1S/C14H20N2O4/c1-3-5-20-14(18)11-8-10(7-9(2)13(11)16)19-6-4-12(15)17/h7-8H,3-6,16H2,1-2H3,(H2,15,17).